The first-order valence-corrected chi connectivity index (χ1v) is 22.7. The fraction of sp³-hybridized carbons (Fsp3) is 0.0645. The van der Waals surface area contributed by atoms with Crippen LogP contribution in [0.15, 0.2) is 206 Å². The minimum absolute atomic E-state index is 0.739. The zero-order valence-electron chi connectivity index (χ0n) is 37.4. The van der Waals surface area contributed by atoms with Crippen LogP contribution in [0.5, 0.6) is 0 Å². The molecule has 0 aliphatic rings. The monoisotopic (exact) mass is 846 g/mol. The molecule has 0 unspecified atom stereocenters. The molecule has 0 radical (unpaired) electrons. The van der Waals surface area contributed by atoms with Crippen molar-refractivity contribution in [2.75, 3.05) is 0 Å². The van der Waals surface area contributed by atoms with Crippen LogP contribution < -0.4 is 0 Å². The molecule has 66 heavy (non-hydrogen) atoms. The summed E-state index contributed by atoms with van der Waals surface area (Å²) in [5.41, 5.74) is 21.8. The van der Waals surface area contributed by atoms with Crippen LogP contribution in [-0.2, 0) is 0 Å². The normalized spacial score (nSPS) is 11.6. The maximum absolute atomic E-state index is 5.14. The number of para-hydroxylation sites is 3. The van der Waals surface area contributed by atoms with E-state index in [9.17, 15) is 0 Å². The Balaban J connectivity index is 0.867. The highest BCUT2D eigenvalue weighted by molar-refractivity contribution is 6.12. The second-order valence-electron chi connectivity index (χ2n) is 17.6. The van der Waals surface area contributed by atoms with E-state index >= 15 is 0 Å². The van der Waals surface area contributed by atoms with Crippen LogP contribution in [0.25, 0.3) is 111 Å². The first kappa shape index (κ1) is 39.3. The van der Waals surface area contributed by atoms with Crippen LogP contribution in [0.3, 0.4) is 0 Å². The van der Waals surface area contributed by atoms with E-state index in [0.717, 1.165) is 50.8 Å². The van der Waals surface area contributed by atoms with Crippen molar-refractivity contribution in [3.63, 3.8) is 0 Å². The van der Waals surface area contributed by atoms with Gasteiger partial charge in [-0.2, -0.15) is 0 Å². The Labute approximate surface area is 384 Å². The molecule has 0 amide bonds. The van der Waals surface area contributed by atoms with Gasteiger partial charge in [-0.1, -0.05) is 152 Å². The van der Waals surface area contributed by atoms with Gasteiger partial charge in [-0.15, -0.1) is 0 Å². The number of aromatic nitrogens is 4. The van der Waals surface area contributed by atoms with E-state index < -0.39 is 0 Å². The molecule has 314 valence electrons. The fourth-order valence-electron chi connectivity index (χ4n) is 10.2. The van der Waals surface area contributed by atoms with E-state index in [1.165, 1.54) is 82.6 Å². The Kier molecular flexibility index (Phi) is 9.35. The van der Waals surface area contributed by atoms with Crippen LogP contribution in [0.1, 0.15) is 22.3 Å². The van der Waals surface area contributed by atoms with Crippen LogP contribution in [0.4, 0.5) is 0 Å². The van der Waals surface area contributed by atoms with E-state index in [-0.39, 0.29) is 0 Å². The largest absolute Gasteiger partial charge is 0.309 e. The summed E-state index contributed by atoms with van der Waals surface area (Å²) in [6.07, 6.45) is 0. The molecule has 0 saturated heterocycles. The summed E-state index contributed by atoms with van der Waals surface area (Å²) in [6.45, 7) is 8.70. The SMILES string of the molecule is Cc1cc(-c2ccc(-n3c4ccccc4c4cc(-n5c6ccccc6c6ccccc65)ccc43)cc2)c(C)cc1-c1ccc(-c2cc(-c3ccccc3C)nc(-c3ccccc3C)n2)cc1. The lowest BCUT2D eigenvalue weighted by Crippen LogP contribution is -1.98. The highest BCUT2D eigenvalue weighted by Crippen LogP contribution is 2.39. The van der Waals surface area contributed by atoms with Gasteiger partial charge in [0.05, 0.1) is 33.5 Å². The van der Waals surface area contributed by atoms with Crippen molar-refractivity contribution in [2.24, 2.45) is 0 Å². The molecular formula is C62H46N4. The van der Waals surface area contributed by atoms with Gasteiger partial charge in [0, 0.05) is 49.6 Å². The smallest absolute Gasteiger partial charge is 0.160 e. The van der Waals surface area contributed by atoms with E-state index in [1.54, 1.807) is 0 Å². The lowest BCUT2D eigenvalue weighted by Gasteiger charge is -2.15. The molecule has 0 saturated carbocycles. The molecule has 0 atom stereocenters. The third-order valence-corrected chi connectivity index (χ3v) is 13.5. The van der Waals surface area contributed by atoms with Crippen molar-refractivity contribution in [1.82, 2.24) is 19.1 Å². The first-order valence-electron chi connectivity index (χ1n) is 22.7. The summed E-state index contributed by atoms with van der Waals surface area (Å²) >= 11 is 0. The lowest BCUT2D eigenvalue weighted by atomic mass is 9.91. The number of rotatable bonds is 7. The number of nitrogens with zero attached hydrogens (tertiary/aromatic N) is 4. The fourth-order valence-corrected chi connectivity index (χ4v) is 10.2. The van der Waals surface area contributed by atoms with Crippen LogP contribution >= 0.6 is 0 Å². The number of aryl methyl sites for hydroxylation is 4. The molecule has 4 heteroatoms. The second-order valence-corrected chi connectivity index (χ2v) is 17.6. The van der Waals surface area contributed by atoms with Crippen LogP contribution in [0.2, 0.25) is 0 Å². The van der Waals surface area contributed by atoms with E-state index in [0.29, 0.717) is 0 Å². The van der Waals surface area contributed by atoms with Gasteiger partial charge < -0.3 is 9.13 Å². The van der Waals surface area contributed by atoms with Gasteiger partial charge in [0.25, 0.3) is 0 Å². The molecule has 3 heterocycles. The summed E-state index contributed by atoms with van der Waals surface area (Å²) in [7, 11) is 0. The topological polar surface area (TPSA) is 35.6 Å². The molecule has 0 fully saturated rings. The molecule has 0 spiro atoms. The van der Waals surface area contributed by atoms with Gasteiger partial charge in [0.15, 0.2) is 5.82 Å². The molecule has 0 bridgehead atoms. The van der Waals surface area contributed by atoms with Gasteiger partial charge in [-0.3, -0.25) is 0 Å². The van der Waals surface area contributed by atoms with Crippen molar-refractivity contribution in [1.29, 1.82) is 0 Å². The quantitative estimate of drug-likeness (QED) is 0.160. The summed E-state index contributed by atoms with van der Waals surface area (Å²) in [5.74, 6) is 0.739. The summed E-state index contributed by atoms with van der Waals surface area (Å²) in [6, 6.07) is 74.7. The van der Waals surface area contributed by atoms with Crippen molar-refractivity contribution in [3.8, 4) is 67.5 Å². The molecule has 9 aromatic carbocycles. The minimum atomic E-state index is 0.739. The number of fused-ring (bicyclic) bond motifs is 6. The first-order chi connectivity index (χ1) is 32.4. The average Bonchev–Trinajstić information content (AvgIpc) is 3.87. The number of hydrogen-bond donors (Lipinski definition) is 0. The summed E-state index contributed by atoms with van der Waals surface area (Å²) in [5, 5.41) is 5.01. The molecule has 0 aliphatic heterocycles. The molecule has 0 aliphatic carbocycles. The Morgan fingerprint density at radius 2 is 0.712 bits per heavy atom. The molecule has 4 nitrogen and oxygen atoms in total. The Bertz CT molecular complexity index is 3730. The van der Waals surface area contributed by atoms with Gasteiger partial charge in [0.1, 0.15) is 0 Å². The molecule has 12 aromatic rings. The molecule has 0 N–H and O–H groups in total. The Morgan fingerprint density at radius 3 is 1.29 bits per heavy atom. The standard InChI is InChI=1S/C62H46N4/c1-39-15-5-7-17-48(39)57-38-56(63-62(64-57)49-18-8-6-16-40(49)2)45-27-25-43(26-28-45)53-35-42(4)54(36-41(53)3)44-29-31-46(32-30-44)65-60-24-14-11-21-52(60)55-37-47(33-34-61(55)65)66-58-22-12-9-19-50(58)51-20-10-13-23-59(51)66/h5-38H,1-4H3. The Hall–Kier alpha value is -8.34. The average molecular weight is 847 g/mol. The predicted molar refractivity (Wildman–Crippen MR) is 277 cm³/mol. The molecule has 3 aromatic heterocycles. The molecule has 12 rings (SSSR count). The van der Waals surface area contributed by atoms with Crippen molar-refractivity contribution in [3.05, 3.63) is 229 Å². The van der Waals surface area contributed by atoms with E-state index in [2.05, 4.69) is 243 Å². The summed E-state index contributed by atoms with van der Waals surface area (Å²) in [4.78, 5) is 10.2. The zero-order chi connectivity index (χ0) is 44.5. The third kappa shape index (κ3) is 6.52. The Morgan fingerprint density at radius 1 is 0.288 bits per heavy atom. The summed E-state index contributed by atoms with van der Waals surface area (Å²) < 4.78 is 4.81. The zero-order valence-corrected chi connectivity index (χ0v) is 37.4. The third-order valence-electron chi connectivity index (χ3n) is 13.5. The highest BCUT2D eigenvalue weighted by Gasteiger charge is 2.18. The number of benzene rings is 9. The van der Waals surface area contributed by atoms with Crippen molar-refractivity contribution >= 4 is 43.6 Å². The van der Waals surface area contributed by atoms with E-state index in [4.69, 9.17) is 9.97 Å². The van der Waals surface area contributed by atoms with Gasteiger partial charge >= 0.3 is 0 Å². The van der Waals surface area contributed by atoms with Crippen molar-refractivity contribution < 1.29 is 0 Å². The van der Waals surface area contributed by atoms with Gasteiger partial charge in [0.2, 0.25) is 0 Å². The van der Waals surface area contributed by atoms with Crippen LogP contribution in [0, 0.1) is 27.7 Å². The predicted octanol–water partition coefficient (Wildman–Crippen LogP) is 16.2. The van der Waals surface area contributed by atoms with Gasteiger partial charge in [-0.25, -0.2) is 9.97 Å². The van der Waals surface area contributed by atoms with Gasteiger partial charge in [-0.05, 0) is 127 Å². The second kappa shape index (κ2) is 15.7. The maximum Gasteiger partial charge on any atom is 0.160 e. The lowest BCUT2D eigenvalue weighted by molar-refractivity contribution is 1.16. The van der Waals surface area contributed by atoms with E-state index in [1.807, 2.05) is 0 Å². The van der Waals surface area contributed by atoms with Crippen LogP contribution in [-0.4, -0.2) is 19.1 Å². The highest BCUT2D eigenvalue weighted by atomic mass is 15.0. The minimum Gasteiger partial charge on any atom is -0.309 e. The molecular weight excluding hydrogens is 801 g/mol. The van der Waals surface area contributed by atoms with Crippen molar-refractivity contribution in [2.45, 2.75) is 27.7 Å². The maximum atomic E-state index is 5.14. The number of hydrogen-bond acceptors (Lipinski definition) is 2.